The molecule has 0 fully saturated rings. The maximum Gasteiger partial charge on any atom is 0.278 e. The Labute approximate surface area is 121 Å². The van der Waals surface area contributed by atoms with Crippen LogP contribution in [-0.2, 0) is 0 Å². The molecule has 0 unspecified atom stereocenters. The number of para-hydroxylation sites is 1. The molecule has 21 heavy (non-hydrogen) atoms. The van der Waals surface area contributed by atoms with Gasteiger partial charge in [0.1, 0.15) is 5.75 Å². The van der Waals surface area contributed by atoms with Crippen molar-refractivity contribution >= 4 is 5.69 Å². The molecule has 0 aliphatic heterocycles. The lowest BCUT2D eigenvalue weighted by atomic mass is 10.2. The molecule has 0 saturated heterocycles. The van der Waals surface area contributed by atoms with E-state index in [0.29, 0.717) is 29.6 Å². The van der Waals surface area contributed by atoms with Crippen LogP contribution in [0.5, 0.6) is 5.75 Å². The van der Waals surface area contributed by atoms with Crippen LogP contribution in [0.1, 0.15) is 6.92 Å². The molecule has 0 atom stereocenters. The Morgan fingerprint density at radius 3 is 2.86 bits per heavy atom. The highest BCUT2D eigenvalue weighted by atomic mass is 16.5. The van der Waals surface area contributed by atoms with Gasteiger partial charge in [0.05, 0.1) is 17.9 Å². The summed E-state index contributed by atoms with van der Waals surface area (Å²) in [5.74, 6) is 1.44. The number of anilines is 1. The van der Waals surface area contributed by atoms with Gasteiger partial charge in [0.15, 0.2) is 5.69 Å². The van der Waals surface area contributed by atoms with Crippen LogP contribution in [-0.4, -0.2) is 21.7 Å². The van der Waals surface area contributed by atoms with Crippen LogP contribution < -0.4 is 10.5 Å². The largest absolute Gasteiger partial charge is 0.493 e. The highest BCUT2D eigenvalue weighted by Crippen LogP contribution is 2.30. The third-order valence-corrected chi connectivity index (χ3v) is 2.90. The molecule has 0 spiro atoms. The summed E-state index contributed by atoms with van der Waals surface area (Å²) in [6, 6.07) is 11.0. The molecule has 2 aromatic heterocycles. The highest BCUT2D eigenvalue weighted by molar-refractivity contribution is 5.69. The zero-order valence-electron chi connectivity index (χ0n) is 11.5. The van der Waals surface area contributed by atoms with E-state index in [4.69, 9.17) is 15.0 Å². The van der Waals surface area contributed by atoms with Crippen LogP contribution in [0.25, 0.3) is 23.0 Å². The standard InChI is InChI=1S/C15H14N4O2/c1-2-20-12-8-4-3-6-10(12)14-18-15(21-19-14)13-11(16)7-5-9-17-13/h3-9H,2,16H2,1H3. The van der Waals surface area contributed by atoms with Crippen molar-refractivity contribution in [1.29, 1.82) is 0 Å². The van der Waals surface area contributed by atoms with Crippen molar-refractivity contribution in [2.45, 2.75) is 6.92 Å². The van der Waals surface area contributed by atoms with Crippen molar-refractivity contribution in [2.24, 2.45) is 0 Å². The molecule has 0 aliphatic carbocycles. The topological polar surface area (TPSA) is 87.1 Å². The number of benzene rings is 1. The maximum absolute atomic E-state index is 5.86. The van der Waals surface area contributed by atoms with Crippen molar-refractivity contribution in [3.63, 3.8) is 0 Å². The molecule has 0 radical (unpaired) electrons. The van der Waals surface area contributed by atoms with Gasteiger partial charge in [-0.3, -0.25) is 0 Å². The van der Waals surface area contributed by atoms with E-state index < -0.39 is 0 Å². The molecule has 6 heteroatoms. The van der Waals surface area contributed by atoms with Crippen LogP contribution in [0.4, 0.5) is 5.69 Å². The average molecular weight is 282 g/mol. The Kier molecular flexibility index (Phi) is 3.51. The smallest absolute Gasteiger partial charge is 0.278 e. The van der Waals surface area contributed by atoms with Gasteiger partial charge in [0.2, 0.25) is 5.82 Å². The lowest BCUT2D eigenvalue weighted by molar-refractivity contribution is 0.341. The minimum absolute atomic E-state index is 0.286. The third kappa shape index (κ3) is 2.55. The Morgan fingerprint density at radius 1 is 1.19 bits per heavy atom. The Balaban J connectivity index is 2.01. The van der Waals surface area contributed by atoms with Crippen LogP contribution in [0, 0.1) is 0 Å². The van der Waals surface area contributed by atoms with Gasteiger partial charge in [-0.25, -0.2) is 4.98 Å². The van der Waals surface area contributed by atoms with Crippen LogP contribution in [0.3, 0.4) is 0 Å². The molecular weight excluding hydrogens is 268 g/mol. The summed E-state index contributed by atoms with van der Waals surface area (Å²) in [4.78, 5) is 8.52. The summed E-state index contributed by atoms with van der Waals surface area (Å²) < 4.78 is 10.8. The van der Waals surface area contributed by atoms with E-state index in [1.54, 1.807) is 18.3 Å². The first-order valence-electron chi connectivity index (χ1n) is 6.56. The summed E-state index contributed by atoms with van der Waals surface area (Å²) in [5.41, 5.74) is 7.60. The number of ether oxygens (including phenoxy) is 1. The van der Waals surface area contributed by atoms with Gasteiger partial charge < -0.3 is 15.0 Å². The van der Waals surface area contributed by atoms with Crippen molar-refractivity contribution in [3.8, 4) is 28.7 Å². The second kappa shape index (κ2) is 5.62. The van der Waals surface area contributed by atoms with E-state index in [2.05, 4.69) is 15.1 Å². The van der Waals surface area contributed by atoms with Gasteiger partial charge in [0.25, 0.3) is 5.89 Å². The van der Waals surface area contributed by atoms with Gasteiger partial charge in [-0.2, -0.15) is 4.98 Å². The van der Waals surface area contributed by atoms with Gasteiger partial charge in [-0.15, -0.1) is 0 Å². The molecule has 106 valence electrons. The number of pyridine rings is 1. The first-order chi connectivity index (χ1) is 10.3. The molecular formula is C15H14N4O2. The normalized spacial score (nSPS) is 10.5. The van der Waals surface area contributed by atoms with Gasteiger partial charge in [-0.05, 0) is 31.2 Å². The SMILES string of the molecule is CCOc1ccccc1-c1noc(-c2ncccc2N)n1. The van der Waals surface area contributed by atoms with Gasteiger partial charge in [-0.1, -0.05) is 17.3 Å². The number of nitrogens with zero attached hydrogens (tertiary/aromatic N) is 3. The second-order valence-electron chi connectivity index (χ2n) is 4.29. The fourth-order valence-corrected chi connectivity index (χ4v) is 1.96. The van der Waals surface area contributed by atoms with Gasteiger partial charge >= 0.3 is 0 Å². The lowest BCUT2D eigenvalue weighted by Gasteiger charge is -2.06. The monoisotopic (exact) mass is 282 g/mol. The molecule has 0 saturated carbocycles. The number of hydrogen-bond donors (Lipinski definition) is 1. The molecule has 0 aliphatic rings. The predicted octanol–water partition coefficient (Wildman–Crippen LogP) is 2.78. The quantitative estimate of drug-likeness (QED) is 0.791. The molecule has 2 heterocycles. The zero-order chi connectivity index (χ0) is 14.7. The third-order valence-electron chi connectivity index (χ3n) is 2.90. The fraction of sp³-hybridized carbons (Fsp3) is 0.133. The Bertz CT molecular complexity index is 755. The van der Waals surface area contributed by atoms with Gasteiger partial charge in [0, 0.05) is 6.20 Å². The van der Waals surface area contributed by atoms with Crippen LogP contribution in [0.15, 0.2) is 47.1 Å². The molecule has 0 bridgehead atoms. The fourth-order valence-electron chi connectivity index (χ4n) is 1.96. The van der Waals surface area contributed by atoms with Crippen molar-refractivity contribution < 1.29 is 9.26 Å². The molecule has 0 amide bonds. The van der Waals surface area contributed by atoms with Crippen molar-refractivity contribution in [2.75, 3.05) is 12.3 Å². The number of nitrogens with two attached hydrogens (primary N) is 1. The predicted molar refractivity (Wildman–Crippen MR) is 78.5 cm³/mol. The van der Waals surface area contributed by atoms with E-state index in [1.807, 2.05) is 31.2 Å². The minimum Gasteiger partial charge on any atom is -0.493 e. The van der Waals surface area contributed by atoms with E-state index in [9.17, 15) is 0 Å². The van der Waals surface area contributed by atoms with Crippen molar-refractivity contribution in [1.82, 2.24) is 15.1 Å². The summed E-state index contributed by atoms with van der Waals surface area (Å²) in [7, 11) is 0. The van der Waals surface area contributed by atoms with Crippen molar-refractivity contribution in [3.05, 3.63) is 42.6 Å². The Hall–Kier alpha value is -2.89. The molecule has 2 N–H and O–H groups in total. The first kappa shape index (κ1) is 13.1. The lowest BCUT2D eigenvalue weighted by Crippen LogP contribution is -1.95. The van der Waals surface area contributed by atoms with E-state index in [-0.39, 0.29) is 5.89 Å². The summed E-state index contributed by atoms with van der Waals surface area (Å²) in [6.45, 7) is 2.49. The molecule has 6 nitrogen and oxygen atoms in total. The minimum atomic E-state index is 0.286. The van der Waals surface area contributed by atoms with E-state index in [1.165, 1.54) is 0 Å². The number of aromatic nitrogens is 3. The molecule has 1 aromatic carbocycles. The number of nitrogen functional groups attached to an aromatic ring is 1. The second-order valence-corrected chi connectivity index (χ2v) is 4.29. The maximum atomic E-state index is 5.86. The van der Waals surface area contributed by atoms with E-state index in [0.717, 1.165) is 5.56 Å². The average Bonchev–Trinajstić information content (AvgIpc) is 2.98. The number of rotatable bonds is 4. The Morgan fingerprint density at radius 2 is 2.05 bits per heavy atom. The first-order valence-corrected chi connectivity index (χ1v) is 6.56. The zero-order valence-corrected chi connectivity index (χ0v) is 11.5. The number of hydrogen-bond acceptors (Lipinski definition) is 6. The van der Waals surface area contributed by atoms with E-state index >= 15 is 0 Å². The summed E-state index contributed by atoms with van der Waals surface area (Å²) in [6.07, 6.45) is 1.63. The molecule has 3 aromatic rings. The van der Waals surface area contributed by atoms with Crippen LogP contribution in [0.2, 0.25) is 0 Å². The highest BCUT2D eigenvalue weighted by Gasteiger charge is 2.16. The molecule has 3 rings (SSSR count). The summed E-state index contributed by atoms with van der Waals surface area (Å²) >= 11 is 0. The summed E-state index contributed by atoms with van der Waals surface area (Å²) in [5, 5.41) is 3.99. The van der Waals surface area contributed by atoms with Crippen LogP contribution >= 0.6 is 0 Å².